The lowest BCUT2D eigenvalue weighted by molar-refractivity contribution is -0.128. The number of carbonyl (C=O) groups is 3. The number of nitrogens with two attached hydrogens (primary N) is 2. The summed E-state index contributed by atoms with van der Waals surface area (Å²) >= 11 is 0. The van der Waals surface area contributed by atoms with Gasteiger partial charge in [0.25, 0.3) is 5.91 Å². The number of ether oxygens (including phenoxy) is 1. The van der Waals surface area contributed by atoms with Crippen molar-refractivity contribution in [2.75, 3.05) is 13.7 Å². The van der Waals surface area contributed by atoms with Crippen molar-refractivity contribution in [3.63, 3.8) is 0 Å². The van der Waals surface area contributed by atoms with E-state index in [1.807, 2.05) is 16.7 Å². The molecule has 0 saturated carbocycles. The number of benzene rings is 1. The van der Waals surface area contributed by atoms with Crippen LogP contribution in [-0.2, 0) is 20.9 Å². The van der Waals surface area contributed by atoms with Gasteiger partial charge in [0, 0.05) is 30.8 Å². The van der Waals surface area contributed by atoms with Gasteiger partial charge < -0.3 is 26.1 Å². The predicted octanol–water partition coefficient (Wildman–Crippen LogP) is -0.643. The molecule has 0 aliphatic heterocycles. The maximum atomic E-state index is 12.4. The molecule has 23 heavy (non-hydrogen) atoms. The molecule has 0 fully saturated rings. The standard InChI is InChI=1S/C15H18N4O4/c1-23-7-6-19-8-10(9-4-2-3-5-11(9)19)15(22)18-12(13(16)20)14(17)21/h2-5,8,12H,6-7H2,1H3,(H2,16,20)(H2,17,21)(H,18,22). The van der Waals surface area contributed by atoms with Crippen molar-refractivity contribution in [1.82, 2.24) is 9.88 Å². The summed E-state index contributed by atoms with van der Waals surface area (Å²) in [6.07, 6.45) is 1.64. The molecule has 2 rings (SSSR count). The van der Waals surface area contributed by atoms with Crippen LogP contribution in [0.4, 0.5) is 0 Å². The summed E-state index contributed by atoms with van der Waals surface area (Å²) in [6.45, 7) is 1.03. The van der Waals surface area contributed by atoms with Crippen LogP contribution >= 0.6 is 0 Å². The zero-order chi connectivity index (χ0) is 17.0. The van der Waals surface area contributed by atoms with Gasteiger partial charge in [-0.15, -0.1) is 0 Å². The lowest BCUT2D eigenvalue weighted by Crippen LogP contribution is -2.52. The maximum absolute atomic E-state index is 12.4. The smallest absolute Gasteiger partial charge is 0.254 e. The monoisotopic (exact) mass is 318 g/mol. The number of primary amides is 2. The Bertz CT molecular complexity index is 739. The molecule has 0 aliphatic carbocycles. The molecule has 1 aromatic carbocycles. The first-order chi connectivity index (χ1) is 11.0. The molecular formula is C15H18N4O4. The van der Waals surface area contributed by atoms with Gasteiger partial charge in [-0.05, 0) is 6.07 Å². The Balaban J connectivity index is 2.36. The number of rotatable bonds is 7. The number of carbonyl (C=O) groups excluding carboxylic acids is 3. The number of nitrogens with zero attached hydrogens (tertiary/aromatic N) is 1. The summed E-state index contributed by atoms with van der Waals surface area (Å²) in [5.41, 5.74) is 11.3. The molecule has 5 N–H and O–H groups in total. The van der Waals surface area contributed by atoms with E-state index < -0.39 is 23.8 Å². The van der Waals surface area contributed by atoms with Gasteiger partial charge in [0.1, 0.15) is 0 Å². The second-order valence-electron chi connectivity index (χ2n) is 4.96. The summed E-state index contributed by atoms with van der Waals surface area (Å²) in [4.78, 5) is 34.8. The zero-order valence-electron chi connectivity index (χ0n) is 12.6. The fourth-order valence-electron chi connectivity index (χ4n) is 2.29. The molecule has 122 valence electrons. The first-order valence-electron chi connectivity index (χ1n) is 6.92. The van der Waals surface area contributed by atoms with Crippen molar-refractivity contribution >= 4 is 28.6 Å². The largest absolute Gasteiger partial charge is 0.383 e. The van der Waals surface area contributed by atoms with Crippen molar-refractivity contribution in [2.45, 2.75) is 12.6 Å². The molecule has 1 aromatic heterocycles. The minimum Gasteiger partial charge on any atom is -0.383 e. The zero-order valence-corrected chi connectivity index (χ0v) is 12.6. The van der Waals surface area contributed by atoms with Crippen molar-refractivity contribution < 1.29 is 19.1 Å². The van der Waals surface area contributed by atoms with E-state index in [9.17, 15) is 14.4 Å². The first-order valence-corrected chi connectivity index (χ1v) is 6.92. The number of para-hydroxylation sites is 1. The molecule has 0 unspecified atom stereocenters. The summed E-state index contributed by atoms with van der Waals surface area (Å²) < 4.78 is 6.91. The lowest BCUT2D eigenvalue weighted by Gasteiger charge is -2.11. The number of hydrogen-bond acceptors (Lipinski definition) is 4. The van der Waals surface area contributed by atoms with Gasteiger partial charge >= 0.3 is 0 Å². The number of aromatic nitrogens is 1. The molecule has 0 atom stereocenters. The Morgan fingerprint density at radius 2 is 1.87 bits per heavy atom. The van der Waals surface area contributed by atoms with Crippen LogP contribution < -0.4 is 16.8 Å². The van der Waals surface area contributed by atoms with Crippen molar-refractivity contribution in [3.8, 4) is 0 Å². The summed E-state index contributed by atoms with van der Waals surface area (Å²) in [6, 6.07) is 5.73. The van der Waals surface area contributed by atoms with Gasteiger partial charge in [-0.2, -0.15) is 0 Å². The molecule has 8 nitrogen and oxygen atoms in total. The minimum atomic E-state index is -1.55. The number of fused-ring (bicyclic) bond motifs is 1. The quantitative estimate of drug-likeness (QED) is 0.586. The van der Waals surface area contributed by atoms with Gasteiger partial charge in [0.15, 0.2) is 6.04 Å². The van der Waals surface area contributed by atoms with Gasteiger partial charge in [0.2, 0.25) is 11.8 Å². The highest BCUT2D eigenvalue weighted by Gasteiger charge is 2.25. The SMILES string of the molecule is COCCn1cc(C(=O)NC(C(N)=O)C(N)=O)c2ccccc21. The molecule has 3 amide bonds. The number of amides is 3. The number of hydrogen-bond donors (Lipinski definition) is 3. The predicted molar refractivity (Wildman–Crippen MR) is 83.5 cm³/mol. The highest BCUT2D eigenvalue weighted by atomic mass is 16.5. The summed E-state index contributed by atoms with van der Waals surface area (Å²) in [5.74, 6) is -2.61. The molecule has 0 spiro atoms. The van der Waals surface area contributed by atoms with Gasteiger partial charge in [-0.3, -0.25) is 14.4 Å². The van der Waals surface area contributed by atoms with Crippen LogP contribution in [0.1, 0.15) is 10.4 Å². The van der Waals surface area contributed by atoms with Crippen LogP contribution in [0.5, 0.6) is 0 Å². The van der Waals surface area contributed by atoms with Gasteiger partial charge in [-0.25, -0.2) is 0 Å². The second kappa shape index (κ2) is 6.93. The average Bonchev–Trinajstić information content (AvgIpc) is 2.88. The van der Waals surface area contributed by atoms with E-state index in [0.29, 0.717) is 24.1 Å². The Hall–Kier alpha value is -2.87. The van der Waals surface area contributed by atoms with E-state index in [0.717, 1.165) is 5.52 Å². The number of nitrogens with one attached hydrogen (secondary N) is 1. The minimum absolute atomic E-state index is 0.323. The van der Waals surface area contributed by atoms with E-state index >= 15 is 0 Å². The van der Waals surface area contributed by atoms with Gasteiger partial charge in [0.05, 0.1) is 12.2 Å². The third kappa shape index (κ3) is 3.49. The van der Waals surface area contributed by atoms with Crippen molar-refractivity contribution in [3.05, 3.63) is 36.0 Å². The van der Waals surface area contributed by atoms with Crippen LogP contribution in [0, 0.1) is 0 Å². The molecule has 0 aliphatic rings. The Morgan fingerprint density at radius 1 is 1.22 bits per heavy atom. The topological polar surface area (TPSA) is 129 Å². The normalized spacial score (nSPS) is 10.9. The van der Waals surface area contributed by atoms with Crippen molar-refractivity contribution in [2.24, 2.45) is 11.5 Å². The number of methoxy groups -OCH3 is 1. The molecule has 8 heteroatoms. The summed E-state index contributed by atoms with van der Waals surface area (Å²) in [5, 5.41) is 2.95. The van der Waals surface area contributed by atoms with Crippen molar-refractivity contribution in [1.29, 1.82) is 0 Å². The highest BCUT2D eigenvalue weighted by molar-refractivity contribution is 6.12. The third-order valence-electron chi connectivity index (χ3n) is 3.41. The van der Waals surface area contributed by atoms with Crippen LogP contribution in [-0.4, -0.2) is 42.0 Å². The van der Waals surface area contributed by atoms with E-state index in [1.54, 1.807) is 25.4 Å². The molecule has 0 radical (unpaired) electrons. The Labute approximate surface area is 132 Å². The summed E-state index contributed by atoms with van der Waals surface area (Å²) in [7, 11) is 1.59. The maximum Gasteiger partial charge on any atom is 0.254 e. The average molecular weight is 318 g/mol. The molecule has 0 bridgehead atoms. The molecule has 0 saturated heterocycles. The van der Waals surface area contributed by atoms with Crippen LogP contribution in [0.3, 0.4) is 0 Å². The molecule has 2 aromatic rings. The van der Waals surface area contributed by atoms with E-state index in [4.69, 9.17) is 16.2 Å². The fraction of sp³-hybridized carbons (Fsp3) is 0.267. The highest BCUT2D eigenvalue weighted by Crippen LogP contribution is 2.21. The Kier molecular flexibility index (Phi) is 4.97. The fourth-order valence-corrected chi connectivity index (χ4v) is 2.29. The molecule has 1 heterocycles. The van der Waals surface area contributed by atoms with Gasteiger partial charge in [-0.1, -0.05) is 18.2 Å². The van der Waals surface area contributed by atoms with E-state index in [1.165, 1.54) is 0 Å². The third-order valence-corrected chi connectivity index (χ3v) is 3.41. The first kappa shape index (κ1) is 16.5. The molecular weight excluding hydrogens is 300 g/mol. The lowest BCUT2D eigenvalue weighted by atomic mass is 10.1. The Morgan fingerprint density at radius 3 is 2.48 bits per heavy atom. The van der Waals surface area contributed by atoms with E-state index in [-0.39, 0.29) is 0 Å². The van der Waals surface area contributed by atoms with Crippen LogP contribution in [0.15, 0.2) is 30.5 Å². The van der Waals surface area contributed by atoms with Crippen LogP contribution in [0.25, 0.3) is 10.9 Å². The van der Waals surface area contributed by atoms with E-state index in [2.05, 4.69) is 5.32 Å². The van der Waals surface area contributed by atoms with Crippen LogP contribution in [0.2, 0.25) is 0 Å². The second-order valence-corrected chi connectivity index (χ2v) is 4.96.